The lowest BCUT2D eigenvalue weighted by molar-refractivity contribution is 0.399. The van der Waals surface area contributed by atoms with E-state index in [1.165, 1.54) is 18.4 Å². The molecule has 0 spiro atoms. The molecule has 1 aliphatic heterocycles. The third kappa shape index (κ3) is 2.92. The summed E-state index contributed by atoms with van der Waals surface area (Å²) >= 11 is 0. The second-order valence-corrected chi connectivity index (χ2v) is 6.08. The van der Waals surface area contributed by atoms with Crippen LogP contribution < -0.4 is 5.32 Å². The summed E-state index contributed by atoms with van der Waals surface area (Å²) in [7, 11) is 0. The summed E-state index contributed by atoms with van der Waals surface area (Å²) in [6.07, 6.45) is 3.67. The van der Waals surface area contributed by atoms with Gasteiger partial charge in [0.2, 0.25) is 0 Å². The number of piperidine rings is 1. The van der Waals surface area contributed by atoms with Gasteiger partial charge in [0, 0.05) is 11.1 Å². The molecule has 1 saturated heterocycles. The van der Waals surface area contributed by atoms with Crippen LogP contribution in [0.15, 0.2) is 60.7 Å². The molecule has 1 fully saturated rings. The highest BCUT2D eigenvalue weighted by Crippen LogP contribution is 2.32. The summed E-state index contributed by atoms with van der Waals surface area (Å²) in [6.45, 7) is 1.08. The molecule has 4 rings (SSSR count). The number of aromatic nitrogens is 2. The van der Waals surface area contributed by atoms with Gasteiger partial charge in [-0.1, -0.05) is 67.1 Å². The number of imidazole rings is 1. The highest BCUT2D eigenvalue weighted by molar-refractivity contribution is 5.78. The summed E-state index contributed by atoms with van der Waals surface area (Å²) < 4.78 is 0. The number of H-pyrrole nitrogens is 1. The summed E-state index contributed by atoms with van der Waals surface area (Å²) in [6, 6.07) is 21.2. The minimum atomic E-state index is 0.337. The summed E-state index contributed by atoms with van der Waals surface area (Å²) in [5, 5.41) is 3.59. The Morgan fingerprint density at radius 3 is 2.17 bits per heavy atom. The van der Waals surface area contributed by atoms with Crippen molar-refractivity contribution in [3.8, 4) is 22.5 Å². The van der Waals surface area contributed by atoms with E-state index in [0.29, 0.717) is 6.04 Å². The first-order valence-electron chi connectivity index (χ1n) is 8.36. The van der Waals surface area contributed by atoms with E-state index < -0.39 is 0 Å². The van der Waals surface area contributed by atoms with Gasteiger partial charge in [0.05, 0.1) is 17.4 Å². The number of hydrogen-bond donors (Lipinski definition) is 2. The maximum atomic E-state index is 4.96. The second-order valence-electron chi connectivity index (χ2n) is 6.08. The van der Waals surface area contributed by atoms with Gasteiger partial charge < -0.3 is 10.3 Å². The molecule has 1 aromatic heterocycles. The maximum Gasteiger partial charge on any atom is 0.124 e. The first kappa shape index (κ1) is 14.2. The van der Waals surface area contributed by atoms with Crippen molar-refractivity contribution in [1.29, 1.82) is 0 Å². The number of hydrogen-bond acceptors (Lipinski definition) is 2. The van der Waals surface area contributed by atoms with Gasteiger partial charge in [0.25, 0.3) is 0 Å². The summed E-state index contributed by atoms with van der Waals surface area (Å²) in [5.41, 5.74) is 4.49. The predicted octanol–water partition coefficient (Wildman–Crippen LogP) is 4.56. The molecule has 3 nitrogen and oxygen atoms in total. The largest absolute Gasteiger partial charge is 0.340 e. The van der Waals surface area contributed by atoms with Crippen molar-refractivity contribution in [3.63, 3.8) is 0 Å². The van der Waals surface area contributed by atoms with Crippen LogP contribution in [-0.4, -0.2) is 16.5 Å². The zero-order valence-electron chi connectivity index (χ0n) is 13.1. The van der Waals surface area contributed by atoms with Crippen LogP contribution in [0.3, 0.4) is 0 Å². The van der Waals surface area contributed by atoms with Gasteiger partial charge >= 0.3 is 0 Å². The van der Waals surface area contributed by atoms with E-state index >= 15 is 0 Å². The van der Waals surface area contributed by atoms with E-state index in [9.17, 15) is 0 Å². The third-order valence-corrected chi connectivity index (χ3v) is 4.47. The molecule has 0 aliphatic carbocycles. The zero-order valence-corrected chi connectivity index (χ0v) is 13.1. The van der Waals surface area contributed by atoms with Crippen LogP contribution in [-0.2, 0) is 0 Å². The van der Waals surface area contributed by atoms with E-state index in [-0.39, 0.29) is 0 Å². The topological polar surface area (TPSA) is 40.7 Å². The minimum absolute atomic E-state index is 0.337. The number of nitrogens with zero attached hydrogens (tertiary/aromatic N) is 1. The third-order valence-electron chi connectivity index (χ3n) is 4.47. The van der Waals surface area contributed by atoms with Crippen LogP contribution in [0.2, 0.25) is 0 Å². The smallest absolute Gasteiger partial charge is 0.124 e. The van der Waals surface area contributed by atoms with Crippen molar-refractivity contribution in [1.82, 2.24) is 15.3 Å². The fraction of sp³-hybridized carbons (Fsp3) is 0.250. The minimum Gasteiger partial charge on any atom is -0.340 e. The van der Waals surface area contributed by atoms with E-state index in [1.54, 1.807) is 0 Å². The monoisotopic (exact) mass is 303 g/mol. The van der Waals surface area contributed by atoms with Gasteiger partial charge in [0.1, 0.15) is 5.82 Å². The fourth-order valence-electron chi connectivity index (χ4n) is 3.26. The Morgan fingerprint density at radius 1 is 0.826 bits per heavy atom. The molecule has 3 heteroatoms. The second kappa shape index (κ2) is 6.39. The highest BCUT2D eigenvalue weighted by Gasteiger charge is 2.21. The van der Waals surface area contributed by atoms with Crippen LogP contribution in [0.4, 0.5) is 0 Å². The molecule has 116 valence electrons. The average Bonchev–Trinajstić information content (AvgIpc) is 3.09. The lowest BCUT2D eigenvalue weighted by Crippen LogP contribution is -2.27. The van der Waals surface area contributed by atoms with E-state index in [1.807, 2.05) is 12.1 Å². The van der Waals surface area contributed by atoms with Crippen LogP contribution in [0.1, 0.15) is 31.1 Å². The van der Waals surface area contributed by atoms with Gasteiger partial charge in [-0.3, -0.25) is 0 Å². The number of benzene rings is 2. The molecule has 0 amide bonds. The zero-order chi connectivity index (χ0) is 15.5. The first-order valence-corrected chi connectivity index (χ1v) is 8.36. The van der Waals surface area contributed by atoms with Gasteiger partial charge in [-0.05, 0) is 19.4 Å². The van der Waals surface area contributed by atoms with Crippen molar-refractivity contribution < 1.29 is 0 Å². The lowest BCUT2D eigenvalue weighted by Gasteiger charge is -2.21. The quantitative estimate of drug-likeness (QED) is 0.744. The lowest BCUT2D eigenvalue weighted by atomic mass is 10.0. The van der Waals surface area contributed by atoms with Crippen LogP contribution in [0.5, 0.6) is 0 Å². The fourth-order valence-corrected chi connectivity index (χ4v) is 3.26. The van der Waals surface area contributed by atoms with Crippen molar-refractivity contribution in [2.75, 3.05) is 6.54 Å². The normalized spacial score (nSPS) is 18.0. The molecular formula is C20H21N3. The van der Waals surface area contributed by atoms with E-state index in [2.05, 4.69) is 58.8 Å². The molecule has 0 saturated carbocycles. The summed E-state index contributed by atoms with van der Waals surface area (Å²) in [5.74, 6) is 1.06. The molecule has 1 unspecified atom stereocenters. The number of nitrogens with one attached hydrogen (secondary N) is 2. The van der Waals surface area contributed by atoms with Crippen molar-refractivity contribution in [3.05, 3.63) is 66.5 Å². The molecule has 2 N–H and O–H groups in total. The van der Waals surface area contributed by atoms with Gasteiger partial charge in [-0.25, -0.2) is 4.98 Å². The molecule has 23 heavy (non-hydrogen) atoms. The van der Waals surface area contributed by atoms with Crippen LogP contribution in [0.25, 0.3) is 22.5 Å². The first-order chi connectivity index (χ1) is 11.4. The van der Waals surface area contributed by atoms with Gasteiger partial charge in [-0.2, -0.15) is 0 Å². The Kier molecular flexibility index (Phi) is 3.95. The van der Waals surface area contributed by atoms with Gasteiger partial charge in [-0.15, -0.1) is 0 Å². The molecule has 3 aromatic rings. The van der Waals surface area contributed by atoms with E-state index in [0.717, 1.165) is 35.7 Å². The van der Waals surface area contributed by atoms with E-state index in [4.69, 9.17) is 4.98 Å². The van der Waals surface area contributed by atoms with Crippen molar-refractivity contribution in [2.24, 2.45) is 0 Å². The predicted molar refractivity (Wildman–Crippen MR) is 94.1 cm³/mol. The van der Waals surface area contributed by atoms with Crippen molar-refractivity contribution >= 4 is 0 Å². The summed E-state index contributed by atoms with van der Waals surface area (Å²) in [4.78, 5) is 8.56. The Hall–Kier alpha value is -2.39. The highest BCUT2D eigenvalue weighted by atomic mass is 15.0. The van der Waals surface area contributed by atoms with Gasteiger partial charge in [0.15, 0.2) is 0 Å². The Balaban J connectivity index is 1.81. The number of rotatable bonds is 3. The average molecular weight is 303 g/mol. The maximum absolute atomic E-state index is 4.96. The van der Waals surface area contributed by atoms with Crippen molar-refractivity contribution in [2.45, 2.75) is 25.3 Å². The Labute approximate surface area is 136 Å². The molecule has 2 heterocycles. The molecule has 0 radical (unpaired) electrons. The molecular weight excluding hydrogens is 282 g/mol. The number of aromatic amines is 1. The molecule has 2 aromatic carbocycles. The molecule has 1 atom stereocenters. The Bertz CT molecular complexity index is 699. The van der Waals surface area contributed by atoms with Crippen LogP contribution in [0, 0.1) is 0 Å². The Morgan fingerprint density at radius 2 is 1.52 bits per heavy atom. The molecule has 0 bridgehead atoms. The standard InChI is InChI=1S/C20H21N3/c1-3-9-15(10-4-1)18-19(16-11-5-2-6-12-16)23-20(22-18)17-13-7-8-14-21-17/h1-6,9-12,17,21H,7-8,13-14H2,(H,22,23). The SMILES string of the molecule is c1ccc(-c2nc(C3CCCCN3)[nH]c2-c2ccccc2)cc1. The van der Waals surface area contributed by atoms with Crippen LogP contribution >= 0.6 is 0 Å². The molecule has 1 aliphatic rings.